The zero-order valence-corrected chi connectivity index (χ0v) is 17.9. The molecule has 0 bridgehead atoms. The molecule has 0 aliphatic heterocycles. The molecule has 0 atom stereocenters. The summed E-state index contributed by atoms with van der Waals surface area (Å²) in [5.41, 5.74) is 2.00. The molecule has 4 aromatic rings. The van der Waals surface area contributed by atoms with Crippen LogP contribution in [-0.4, -0.2) is 38.3 Å². The lowest BCUT2D eigenvalue weighted by atomic mass is 10.1. The number of ether oxygens (including phenoxy) is 1. The molecule has 2 aromatic heterocycles. The minimum absolute atomic E-state index is 0.404. The van der Waals surface area contributed by atoms with E-state index in [1.54, 1.807) is 6.07 Å². The van der Waals surface area contributed by atoms with Crippen molar-refractivity contribution in [3.8, 4) is 17.1 Å². The Bertz CT molecular complexity index is 1140. The maximum Gasteiger partial charge on any atom is 0.155 e. The van der Waals surface area contributed by atoms with Crippen LogP contribution in [0.25, 0.3) is 11.4 Å². The Morgan fingerprint density at radius 1 is 0.903 bits per heavy atom. The van der Waals surface area contributed by atoms with Gasteiger partial charge in [0.15, 0.2) is 17.5 Å². The maximum absolute atomic E-state index is 6.47. The number of nitrogens with one attached hydrogen (secondary N) is 3. The number of H-pyrrole nitrogens is 1. The van der Waals surface area contributed by atoms with Crippen LogP contribution < -0.4 is 15.4 Å². The Kier molecular flexibility index (Phi) is 6.81. The standard InChI is InChI=1S/C21H19Cl2N7O/c22-16-6-1-2-7-17(16)31-9-8-24-20-18(23)21(27-12-26-20)25-11-14-4-3-5-15(10-14)19-28-13-29-30-19/h1-7,10,12-13H,8-9,11H2,(H,28,29,30)(H2,24,25,26,27). The van der Waals surface area contributed by atoms with Crippen molar-refractivity contribution in [3.63, 3.8) is 0 Å². The zero-order chi connectivity index (χ0) is 21.5. The van der Waals surface area contributed by atoms with Crippen LogP contribution in [0.2, 0.25) is 10.0 Å². The number of rotatable bonds is 9. The lowest BCUT2D eigenvalue weighted by Crippen LogP contribution is -2.13. The quantitative estimate of drug-likeness (QED) is 0.315. The SMILES string of the molecule is Clc1ccccc1OCCNc1ncnc(NCc2cccc(-c3ncn[nH]3)c2)c1Cl. The molecule has 3 N–H and O–H groups in total. The van der Waals surface area contributed by atoms with Gasteiger partial charge in [-0.3, -0.25) is 5.10 Å². The number of aromatic nitrogens is 5. The minimum Gasteiger partial charge on any atom is -0.490 e. The summed E-state index contributed by atoms with van der Waals surface area (Å²) in [4.78, 5) is 12.6. The highest BCUT2D eigenvalue weighted by molar-refractivity contribution is 6.35. The first-order chi connectivity index (χ1) is 15.2. The summed E-state index contributed by atoms with van der Waals surface area (Å²) in [5, 5.41) is 14.1. The third-order valence-electron chi connectivity index (χ3n) is 4.35. The van der Waals surface area contributed by atoms with Crippen molar-refractivity contribution in [3.05, 3.63) is 76.8 Å². The van der Waals surface area contributed by atoms with E-state index in [1.807, 2.05) is 42.5 Å². The first kappa shape index (κ1) is 20.9. The van der Waals surface area contributed by atoms with Crippen LogP contribution in [-0.2, 0) is 6.54 Å². The fourth-order valence-corrected chi connectivity index (χ4v) is 3.29. The number of anilines is 2. The lowest BCUT2D eigenvalue weighted by molar-refractivity contribution is 0.333. The highest BCUT2D eigenvalue weighted by atomic mass is 35.5. The summed E-state index contributed by atoms with van der Waals surface area (Å²) in [6, 6.07) is 15.3. The number of para-hydroxylation sites is 1. The minimum atomic E-state index is 0.404. The van der Waals surface area contributed by atoms with Gasteiger partial charge in [0.25, 0.3) is 0 Å². The summed E-state index contributed by atoms with van der Waals surface area (Å²) in [5.74, 6) is 2.41. The van der Waals surface area contributed by atoms with Crippen molar-refractivity contribution in [2.45, 2.75) is 6.54 Å². The van der Waals surface area contributed by atoms with Crippen LogP contribution >= 0.6 is 23.2 Å². The molecule has 158 valence electrons. The number of aromatic amines is 1. The molecule has 0 unspecified atom stereocenters. The third-order valence-corrected chi connectivity index (χ3v) is 5.02. The van der Waals surface area contributed by atoms with Crippen molar-refractivity contribution < 1.29 is 4.74 Å². The van der Waals surface area contributed by atoms with Gasteiger partial charge in [-0.2, -0.15) is 5.10 Å². The lowest BCUT2D eigenvalue weighted by Gasteiger charge is -2.12. The van der Waals surface area contributed by atoms with E-state index in [4.69, 9.17) is 27.9 Å². The van der Waals surface area contributed by atoms with E-state index < -0.39 is 0 Å². The smallest absolute Gasteiger partial charge is 0.155 e. The molecule has 31 heavy (non-hydrogen) atoms. The largest absolute Gasteiger partial charge is 0.490 e. The molecule has 0 saturated carbocycles. The predicted molar refractivity (Wildman–Crippen MR) is 122 cm³/mol. The Hall–Kier alpha value is -3.36. The topological polar surface area (TPSA) is 101 Å². The van der Waals surface area contributed by atoms with Crippen molar-refractivity contribution in [1.29, 1.82) is 0 Å². The molecule has 8 nitrogen and oxygen atoms in total. The molecule has 0 spiro atoms. The van der Waals surface area contributed by atoms with Gasteiger partial charge in [-0.1, -0.05) is 53.5 Å². The van der Waals surface area contributed by atoms with Crippen LogP contribution in [0, 0.1) is 0 Å². The molecule has 10 heteroatoms. The molecule has 4 rings (SSSR count). The van der Waals surface area contributed by atoms with Gasteiger partial charge in [-0.05, 0) is 23.8 Å². The summed E-state index contributed by atoms with van der Waals surface area (Å²) in [6.07, 6.45) is 2.94. The number of hydrogen-bond donors (Lipinski definition) is 3. The number of nitrogens with zero attached hydrogens (tertiary/aromatic N) is 4. The van der Waals surface area contributed by atoms with Gasteiger partial charge in [0.1, 0.15) is 30.0 Å². The van der Waals surface area contributed by atoms with E-state index in [2.05, 4.69) is 35.8 Å². The van der Waals surface area contributed by atoms with Crippen molar-refractivity contribution >= 4 is 34.8 Å². The zero-order valence-electron chi connectivity index (χ0n) is 16.3. The van der Waals surface area contributed by atoms with Crippen LogP contribution in [0.15, 0.2) is 61.2 Å². The molecule has 2 heterocycles. The normalized spacial score (nSPS) is 10.6. The van der Waals surface area contributed by atoms with Gasteiger partial charge < -0.3 is 15.4 Å². The molecule has 0 aliphatic carbocycles. The number of hydrogen-bond acceptors (Lipinski definition) is 7. The average Bonchev–Trinajstić information content (AvgIpc) is 3.33. The third kappa shape index (κ3) is 5.42. The van der Waals surface area contributed by atoms with Gasteiger partial charge in [0.2, 0.25) is 0 Å². The number of benzene rings is 2. The van der Waals surface area contributed by atoms with E-state index in [1.165, 1.54) is 12.7 Å². The molecule has 0 amide bonds. The second-order valence-corrected chi connectivity index (χ2v) is 7.26. The van der Waals surface area contributed by atoms with E-state index in [9.17, 15) is 0 Å². The van der Waals surface area contributed by atoms with Gasteiger partial charge in [0.05, 0.1) is 11.6 Å². The fourth-order valence-electron chi connectivity index (χ4n) is 2.87. The van der Waals surface area contributed by atoms with Gasteiger partial charge in [-0.15, -0.1) is 0 Å². The first-order valence-electron chi connectivity index (χ1n) is 9.51. The predicted octanol–water partition coefficient (Wildman–Crippen LogP) is 4.67. The molecular weight excluding hydrogens is 437 g/mol. The second-order valence-electron chi connectivity index (χ2n) is 6.48. The summed E-state index contributed by atoms with van der Waals surface area (Å²) >= 11 is 12.6. The Morgan fingerprint density at radius 2 is 1.74 bits per heavy atom. The highest BCUT2D eigenvalue weighted by Gasteiger charge is 2.10. The summed E-state index contributed by atoms with van der Waals surface area (Å²) in [6.45, 7) is 1.44. The monoisotopic (exact) mass is 455 g/mol. The van der Waals surface area contributed by atoms with Crippen LogP contribution in [0.3, 0.4) is 0 Å². The van der Waals surface area contributed by atoms with Gasteiger partial charge in [-0.25, -0.2) is 15.0 Å². The van der Waals surface area contributed by atoms with Gasteiger partial charge in [0, 0.05) is 12.1 Å². The molecule has 2 aromatic carbocycles. The Balaban J connectivity index is 1.33. The molecule has 0 aliphatic rings. The Morgan fingerprint density at radius 3 is 2.55 bits per heavy atom. The summed E-state index contributed by atoms with van der Waals surface area (Å²) < 4.78 is 5.67. The van der Waals surface area contributed by atoms with Crippen LogP contribution in [0.4, 0.5) is 11.6 Å². The molecule has 0 fully saturated rings. The average molecular weight is 456 g/mol. The van der Waals surface area contributed by atoms with Crippen molar-refractivity contribution in [2.24, 2.45) is 0 Å². The molecular formula is C21H19Cl2N7O. The van der Waals surface area contributed by atoms with E-state index in [0.29, 0.717) is 53.0 Å². The van der Waals surface area contributed by atoms with Crippen LogP contribution in [0.5, 0.6) is 5.75 Å². The van der Waals surface area contributed by atoms with Crippen molar-refractivity contribution in [2.75, 3.05) is 23.8 Å². The number of halogens is 2. The van der Waals surface area contributed by atoms with Crippen LogP contribution in [0.1, 0.15) is 5.56 Å². The van der Waals surface area contributed by atoms with Gasteiger partial charge >= 0.3 is 0 Å². The van der Waals surface area contributed by atoms with E-state index >= 15 is 0 Å². The fraction of sp³-hybridized carbons (Fsp3) is 0.143. The second kappa shape index (κ2) is 10.1. The van der Waals surface area contributed by atoms with E-state index in [0.717, 1.165) is 11.1 Å². The molecule has 0 saturated heterocycles. The van der Waals surface area contributed by atoms with Crippen molar-refractivity contribution in [1.82, 2.24) is 25.1 Å². The van der Waals surface area contributed by atoms with E-state index in [-0.39, 0.29) is 0 Å². The highest BCUT2D eigenvalue weighted by Crippen LogP contribution is 2.27. The summed E-state index contributed by atoms with van der Waals surface area (Å²) in [7, 11) is 0. The maximum atomic E-state index is 6.47. The molecule has 0 radical (unpaired) electrons. The first-order valence-corrected chi connectivity index (χ1v) is 10.3. The Labute approximate surface area is 189 Å².